The molecule has 2 aromatic carbocycles. The molecule has 29 heavy (non-hydrogen) atoms. The summed E-state index contributed by atoms with van der Waals surface area (Å²) in [6.45, 7) is 1.00. The second kappa shape index (κ2) is 8.03. The number of aliphatic carboxylic acids is 1. The number of amides is 1. The normalized spacial score (nSPS) is 19.4. The number of carboxylic acid groups (broad SMARTS) is 1. The Bertz CT molecular complexity index is 1030. The van der Waals surface area contributed by atoms with Crippen molar-refractivity contribution >= 4 is 22.9 Å². The minimum absolute atomic E-state index is 0.0436. The fourth-order valence-electron chi connectivity index (χ4n) is 4.13. The van der Waals surface area contributed by atoms with E-state index < -0.39 is 5.97 Å². The molecule has 7 heteroatoms. The molecule has 1 aliphatic heterocycles. The number of nitrogens with one attached hydrogen (secondary N) is 1. The highest BCUT2D eigenvalue weighted by molar-refractivity contribution is 5.94. The largest absolute Gasteiger partial charge is 0.481 e. The van der Waals surface area contributed by atoms with Crippen LogP contribution in [0.2, 0.25) is 0 Å². The molecule has 150 valence electrons. The third-order valence-corrected chi connectivity index (χ3v) is 5.58. The molecule has 2 N–H and O–H groups in total. The van der Waals surface area contributed by atoms with Gasteiger partial charge in [0.15, 0.2) is 0 Å². The Labute approximate surface area is 167 Å². The van der Waals surface area contributed by atoms with Gasteiger partial charge in [0.2, 0.25) is 0 Å². The number of carbonyl (C=O) groups is 2. The van der Waals surface area contributed by atoms with Gasteiger partial charge in [0.1, 0.15) is 11.6 Å². The van der Waals surface area contributed by atoms with E-state index in [4.69, 9.17) is 0 Å². The number of hydrogen-bond donors (Lipinski definition) is 2. The highest BCUT2D eigenvalue weighted by Gasteiger charge is 2.33. The van der Waals surface area contributed by atoms with E-state index in [0.29, 0.717) is 48.4 Å². The maximum Gasteiger partial charge on any atom is 0.303 e. The van der Waals surface area contributed by atoms with Crippen LogP contribution in [0.25, 0.3) is 11.0 Å². The van der Waals surface area contributed by atoms with Gasteiger partial charge in [-0.3, -0.25) is 9.59 Å². The van der Waals surface area contributed by atoms with Gasteiger partial charge in [-0.05, 0) is 48.6 Å². The molecule has 1 fully saturated rings. The van der Waals surface area contributed by atoms with Crippen LogP contribution < -0.4 is 0 Å². The Morgan fingerprint density at radius 1 is 1.17 bits per heavy atom. The molecule has 1 aromatic heterocycles. The van der Waals surface area contributed by atoms with E-state index in [-0.39, 0.29) is 30.0 Å². The Morgan fingerprint density at radius 3 is 2.72 bits per heavy atom. The lowest BCUT2D eigenvalue weighted by Gasteiger charge is -2.38. The average molecular weight is 395 g/mol. The van der Waals surface area contributed by atoms with E-state index in [1.807, 2.05) is 18.2 Å². The summed E-state index contributed by atoms with van der Waals surface area (Å²) in [5, 5.41) is 9.30. The summed E-state index contributed by atoms with van der Waals surface area (Å²) in [5.41, 5.74) is 1.91. The highest BCUT2D eigenvalue weighted by Crippen LogP contribution is 2.30. The van der Waals surface area contributed by atoms with Crippen molar-refractivity contribution in [3.05, 3.63) is 65.7 Å². The molecule has 1 amide bonds. The van der Waals surface area contributed by atoms with E-state index in [1.165, 1.54) is 12.1 Å². The molecule has 2 unspecified atom stereocenters. The van der Waals surface area contributed by atoms with Crippen LogP contribution in [0.15, 0.2) is 48.5 Å². The fourth-order valence-corrected chi connectivity index (χ4v) is 4.13. The van der Waals surface area contributed by atoms with Crippen molar-refractivity contribution < 1.29 is 19.1 Å². The predicted molar refractivity (Wildman–Crippen MR) is 106 cm³/mol. The first-order valence-electron chi connectivity index (χ1n) is 9.70. The molecule has 4 rings (SSSR count). The van der Waals surface area contributed by atoms with Crippen LogP contribution >= 0.6 is 0 Å². The number of carbonyl (C=O) groups excluding carboxylic acids is 1. The summed E-state index contributed by atoms with van der Waals surface area (Å²) in [7, 11) is 0. The lowest BCUT2D eigenvalue weighted by atomic mass is 9.81. The fraction of sp³-hybridized carbons (Fsp3) is 0.318. The van der Waals surface area contributed by atoms with E-state index in [2.05, 4.69) is 9.97 Å². The standard InChI is InChI=1S/C22H22FN3O3/c23-17-6-7-18-19(12-17)25-20(24-18)10-16-13-26(9-8-15(16)11-21(27)28)22(29)14-4-2-1-3-5-14/h1-7,12,15-16H,8-11,13H2,(H,24,25)(H,27,28). The number of hydrogen-bond acceptors (Lipinski definition) is 3. The number of aromatic amines is 1. The van der Waals surface area contributed by atoms with Crippen LogP contribution in [0.5, 0.6) is 0 Å². The van der Waals surface area contributed by atoms with Gasteiger partial charge in [0.05, 0.1) is 11.0 Å². The SMILES string of the molecule is O=C(O)CC1CCN(C(=O)c2ccccc2)CC1Cc1nc2ccc(F)cc2[nH]1. The minimum atomic E-state index is -0.838. The number of rotatable bonds is 5. The van der Waals surface area contributed by atoms with Crippen molar-refractivity contribution in [2.24, 2.45) is 11.8 Å². The van der Waals surface area contributed by atoms with Gasteiger partial charge in [-0.15, -0.1) is 0 Å². The molecule has 2 atom stereocenters. The zero-order valence-electron chi connectivity index (χ0n) is 15.8. The van der Waals surface area contributed by atoms with E-state index >= 15 is 0 Å². The lowest BCUT2D eigenvalue weighted by molar-refractivity contribution is -0.139. The molecule has 1 saturated heterocycles. The molecular formula is C22H22FN3O3. The summed E-state index contributed by atoms with van der Waals surface area (Å²) in [4.78, 5) is 33.6. The number of aromatic nitrogens is 2. The Balaban J connectivity index is 1.55. The Hall–Kier alpha value is -3.22. The third kappa shape index (κ3) is 4.29. The number of piperidine rings is 1. The molecule has 6 nitrogen and oxygen atoms in total. The zero-order chi connectivity index (χ0) is 20.4. The van der Waals surface area contributed by atoms with Crippen LogP contribution in [-0.4, -0.2) is 44.9 Å². The molecule has 0 radical (unpaired) electrons. The van der Waals surface area contributed by atoms with Gasteiger partial charge < -0.3 is 15.0 Å². The van der Waals surface area contributed by atoms with Gasteiger partial charge in [0, 0.05) is 31.5 Å². The Kier molecular flexibility index (Phi) is 5.29. The first-order valence-corrected chi connectivity index (χ1v) is 9.70. The van der Waals surface area contributed by atoms with Gasteiger partial charge in [-0.2, -0.15) is 0 Å². The predicted octanol–water partition coefficient (Wildman–Crippen LogP) is 3.50. The summed E-state index contributed by atoms with van der Waals surface area (Å²) in [6, 6.07) is 13.5. The molecule has 1 aliphatic rings. The number of H-pyrrole nitrogens is 1. The average Bonchev–Trinajstić information content (AvgIpc) is 3.10. The molecule has 3 aromatic rings. The molecule has 0 spiro atoms. The highest BCUT2D eigenvalue weighted by atomic mass is 19.1. The van der Waals surface area contributed by atoms with Crippen molar-refractivity contribution in [3.63, 3.8) is 0 Å². The first-order chi connectivity index (χ1) is 14.0. The quantitative estimate of drug-likeness (QED) is 0.692. The number of carboxylic acids is 1. The number of benzene rings is 2. The summed E-state index contributed by atoms with van der Waals surface area (Å²) in [6.07, 6.45) is 1.20. The van der Waals surface area contributed by atoms with Crippen molar-refractivity contribution in [1.82, 2.24) is 14.9 Å². The van der Waals surface area contributed by atoms with E-state index in [9.17, 15) is 19.1 Å². The summed E-state index contributed by atoms with van der Waals surface area (Å²) >= 11 is 0. The maximum atomic E-state index is 13.5. The van der Waals surface area contributed by atoms with E-state index in [0.717, 1.165) is 0 Å². The summed E-state index contributed by atoms with van der Waals surface area (Å²) < 4.78 is 13.5. The van der Waals surface area contributed by atoms with Crippen LogP contribution in [0.4, 0.5) is 4.39 Å². The van der Waals surface area contributed by atoms with Crippen molar-refractivity contribution in [2.75, 3.05) is 13.1 Å². The lowest BCUT2D eigenvalue weighted by Crippen LogP contribution is -2.45. The van der Waals surface area contributed by atoms with Crippen LogP contribution in [0, 0.1) is 17.7 Å². The molecule has 0 aliphatic carbocycles. The van der Waals surface area contributed by atoms with Gasteiger partial charge in [-0.25, -0.2) is 9.37 Å². The molecular weight excluding hydrogens is 373 g/mol. The summed E-state index contributed by atoms with van der Waals surface area (Å²) in [5.74, 6) is -0.630. The number of fused-ring (bicyclic) bond motifs is 1. The van der Waals surface area contributed by atoms with Crippen molar-refractivity contribution in [1.29, 1.82) is 0 Å². The first kappa shape index (κ1) is 19.1. The molecule has 0 bridgehead atoms. The second-order valence-corrected chi connectivity index (χ2v) is 7.57. The minimum Gasteiger partial charge on any atom is -0.481 e. The van der Waals surface area contributed by atoms with Gasteiger partial charge >= 0.3 is 5.97 Å². The number of likely N-dealkylation sites (tertiary alicyclic amines) is 1. The zero-order valence-corrected chi connectivity index (χ0v) is 15.8. The third-order valence-electron chi connectivity index (χ3n) is 5.58. The monoisotopic (exact) mass is 395 g/mol. The van der Waals surface area contributed by atoms with Crippen molar-refractivity contribution in [3.8, 4) is 0 Å². The van der Waals surface area contributed by atoms with Crippen LogP contribution in [-0.2, 0) is 11.2 Å². The molecule has 2 heterocycles. The van der Waals surface area contributed by atoms with Crippen molar-refractivity contribution in [2.45, 2.75) is 19.3 Å². The van der Waals surface area contributed by atoms with Gasteiger partial charge in [0.25, 0.3) is 5.91 Å². The smallest absolute Gasteiger partial charge is 0.303 e. The maximum absolute atomic E-state index is 13.5. The number of imidazole rings is 1. The Morgan fingerprint density at radius 2 is 1.97 bits per heavy atom. The van der Waals surface area contributed by atoms with Crippen LogP contribution in [0.1, 0.15) is 29.0 Å². The van der Waals surface area contributed by atoms with E-state index in [1.54, 1.807) is 23.1 Å². The topological polar surface area (TPSA) is 86.3 Å². The van der Waals surface area contributed by atoms with Crippen LogP contribution in [0.3, 0.4) is 0 Å². The second-order valence-electron chi connectivity index (χ2n) is 7.57. The number of halogens is 1. The van der Waals surface area contributed by atoms with Gasteiger partial charge in [-0.1, -0.05) is 18.2 Å². The molecule has 0 saturated carbocycles. The number of nitrogens with zero attached hydrogens (tertiary/aromatic N) is 2.